The van der Waals surface area contributed by atoms with Gasteiger partial charge in [0.25, 0.3) is 5.69 Å². The fourth-order valence-electron chi connectivity index (χ4n) is 2.51. The molecular weight excluding hydrogens is 348 g/mol. The van der Waals surface area contributed by atoms with Crippen molar-refractivity contribution in [2.45, 2.75) is 0 Å². The van der Waals surface area contributed by atoms with Crippen LogP contribution in [0.25, 0.3) is 22.7 Å². The van der Waals surface area contributed by atoms with E-state index in [1.165, 1.54) is 24.4 Å². The number of non-ortho nitro benzene ring substituents is 1. The Morgan fingerprint density at radius 2 is 2.04 bits per heavy atom. The van der Waals surface area contributed by atoms with Crippen molar-refractivity contribution in [2.75, 3.05) is 0 Å². The molecule has 4 rings (SSSR count). The van der Waals surface area contributed by atoms with E-state index in [1.807, 2.05) is 6.07 Å². The Labute approximate surface area is 152 Å². The predicted octanol–water partition coefficient (Wildman–Crippen LogP) is 4.25. The molecule has 0 saturated heterocycles. The van der Waals surface area contributed by atoms with Gasteiger partial charge < -0.3 is 9.52 Å². The molecule has 0 aliphatic carbocycles. The lowest BCUT2D eigenvalue weighted by Crippen LogP contribution is -1.90. The summed E-state index contributed by atoms with van der Waals surface area (Å²) < 4.78 is 5.69. The second kappa shape index (κ2) is 6.68. The lowest BCUT2D eigenvalue weighted by atomic mass is 10.2. The molecule has 2 heterocycles. The van der Waals surface area contributed by atoms with Gasteiger partial charge in [-0.25, -0.2) is 4.98 Å². The zero-order chi connectivity index (χ0) is 18.8. The highest BCUT2D eigenvalue weighted by molar-refractivity contribution is 5.86. The van der Waals surface area contributed by atoms with Crippen LogP contribution in [0, 0.1) is 10.1 Å². The first-order valence-electron chi connectivity index (χ1n) is 7.93. The summed E-state index contributed by atoms with van der Waals surface area (Å²) in [6, 6.07) is 14.4. The standard InChI is InChI=1S/C19H12N4O4/c24-16-7-6-15(23(25)26)10-13(16)11-21-14-4-1-3-12(9-14)19-22-18-17(27-19)5-2-8-20-18/h1-11,24H. The van der Waals surface area contributed by atoms with Crippen molar-refractivity contribution in [3.63, 3.8) is 0 Å². The van der Waals surface area contributed by atoms with Crippen LogP contribution in [0.3, 0.4) is 0 Å². The minimum Gasteiger partial charge on any atom is -0.507 e. The number of nitro benzene ring substituents is 1. The number of aliphatic imine (C=N–C) groups is 1. The summed E-state index contributed by atoms with van der Waals surface area (Å²) in [6.45, 7) is 0. The van der Waals surface area contributed by atoms with Crippen LogP contribution in [0.5, 0.6) is 5.75 Å². The number of phenols is 1. The second-order valence-corrected chi connectivity index (χ2v) is 5.65. The summed E-state index contributed by atoms with van der Waals surface area (Å²) in [5, 5.41) is 20.7. The van der Waals surface area contributed by atoms with Crippen molar-refractivity contribution < 1.29 is 14.4 Å². The summed E-state index contributed by atoms with van der Waals surface area (Å²) in [4.78, 5) is 23.1. The number of nitrogens with zero attached hydrogens (tertiary/aromatic N) is 4. The van der Waals surface area contributed by atoms with Gasteiger partial charge in [-0.05, 0) is 36.4 Å². The van der Waals surface area contributed by atoms with Gasteiger partial charge >= 0.3 is 0 Å². The predicted molar refractivity (Wildman–Crippen MR) is 99.3 cm³/mol. The first kappa shape index (κ1) is 16.4. The molecule has 0 atom stereocenters. The molecule has 0 saturated carbocycles. The van der Waals surface area contributed by atoms with Crippen LogP contribution >= 0.6 is 0 Å². The molecule has 0 aliphatic rings. The zero-order valence-electron chi connectivity index (χ0n) is 13.8. The van der Waals surface area contributed by atoms with Crippen LogP contribution in [-0.2, 0) is 0 Å². The third-order valence-electron chi connectivity index (χ3n) is 3.83. The molecule has 4 aromatic rings. The van der Waals surface area contributed by atoms with Crippen molar-refractivity contribution in [3.8, 4) is 17.2 Å². The van der Waals surface area contributed by atoms with Crippen LogP contribution in [0.4, 0.5) is 11.4 Å². The second-order valence-electron chi connectivity index (χ2n) is 5.65. The SMILES string of the molecule is O=[N+]([O-])c1ccc(O)c(C=Nc2cccc(-c3nc4ncccc4o3)c2)c1. The van der Waals surface area contributed by atoms with Crippen molar-refractivity contribution in [1.29, 1.82) is 0 Å². The topological polar surface area (TPSA) is 115 Å². The summed E-state index contributed by atoms with van der Waals surface area (Å²) in [5.74, 6) is 0.324. The Bertz CT molecular complexity index is 1150. The maximum atomic E-state index is 10.9. The monoisotopic (exact) mass is 360 g/mol. The fraction of sp³-hybridized carbons (Fsp3) is 0. The number of rotatable bonds is 4. The number of oxazole rings is 1. The van der Waals surface area contributed by atoms with Crippen LogP contribution in [0.2, 0.25) is 0 Å². The molecule has 8 heteroatoms. The lowest BCUT2D eigenvalue weighted by molar-refractivity contribution is -0.384. The summed E-state index contributed by atoms with van der Waals surface area (Å²) in [6.07, 6.45) is 3.01. The third-order valence-corrected chi connectivity index (χ3v) is 3.83. The number of phenolic OH excluding ortho intramolecular Hbond substituents is 1. The quantitative estimate of drug-likeness (QED) is 0.330. The van der Waals surface area contributed by atoms with Crippen LogP contribution in [0.15, 0.2) is 70.2 Å². The van der Waals surface area contributed by atoms with Crippen LogP contribution in [0.1, 0.15) is 5.56 Å². The average Bonchev–Trinajstić information content (AvgIpc) is 3.12. The van der Waals surface area contributed by atoms with Gasteiger partial charge in [0.15, 0.2) is 11.2 Å². The van der Waals surface area contributed by atoms with E-state index in [2.05, 4.69) is 15.0 Å². The maximum absolute atomic E-state index is 10.9. The van der Waals surface area contributed by atoms with E-state index in [0.29, 0.717) is 28.4 Å². The number of hydrogen-bond donors (Lipinski definition) is 1. The molecule has 0 bridgehead atoms. The number of aromatic nitrogens is 2. The Hall–Kier alpha value is -4.07. The van der Waals surface area contributed by atoms with E-state index in [9.17, 15) is 15.2 Å². The Morgan fingerprint density at radius 1 is 1.15 bits per heavy atom. The molecule has 0 aliphatic heterocycles. The summed E-state index contributed by atoms with van der Waals surface area (Å²) >= 11 is 0. The molecule has 2 aromatic heterocycles. The van der Waals surface area contributed by atoms with Crippen molar-refractivity contribution in [2.24, 2.45) is 4.99 Å². The van der Waals surface area contributed by atoms with E-state index in [4.69, 9.17) is 4.42 Å². The van der Waals surface area contributed by atoms with Crippen LogP contribution in [-0.4, -0.2) is 26.2 Å². The highest BCUT2D eigenvalue weighted by Crippen LogP contribution is 2.27. The minimum absolute atomic E-state index is 0.0921. The Morgan fingerprint density at radius 3 is 2.85 bits per heavy atom. The average molecular weight is 360 g/mol. The van der Waals surface area contributed by atoms with Crippen molar-refractivity contribution in [1.82, 2.24) is 9.97 Å². The number of aromatic hydroxyl groups is 1. The lowest BCUT2D eigenvalue weighted by Gasteiger charge is -2.00. The molecule has 0 amide bonds. The van der Waals surface area contributed by atoms with Gasteiger partial charge in [-0.2, -0.15) is 4.98 Å². The number of hydrogen-bond acceptors (Lipinski definition) is 7. The maximum Gasteiger partial charge on any atom is 0.270 e. The molecular formula is C19H12N4O4. The molecule has 0 unspecified atom stereocenters. The first-order valence-corrected chi connectivity index (χ1v) is 7.93. The van der Waals surface area contributed by atoms with Gasteiger partial charge in [-0.15, -0.1) is 0 Å². The molecule has 0 radical (unpaired) electrons. The molecule has 0 spiro atoms. The molecule has 132 valence electrons. The highest BCUT2D eigenvalue weighted by atomic mass is 16.6. The van der Waals surface area contributed by atoms with E-state index in [1.54, 1.807) is 36.5 Å². The number of fused-ring (bicyclic) bond motifs is 1. The Balaban J connectivity index is 1.66. The van der Waals surface area contributed by atoms with Gasteiger partial charge in [-0.3, -0.25) is 15.1 Å². The van der Waals surface area contributed by atoms with E-state index < -0.39 is 4.92 Å². The van der Waals surface area contributed by atoms with Crippen LogP contribution < -0.4 is 0 Å². The van der Waals surface area contributed by atoms with Crippen molar-refractivity contribution >= 4 is 28.8 Å². The van der Waals surface area contributed by atoms with Gasteiger partial charge in [0, 0.05) is 35.7 Å². The summed E-state index contributed by atoms with van der Waals surface area (Å²) in [5.41, 5.74) is 2.52. The number of pyridine rings is 1. The van der Waals surface area contributed by atoms with E-state index in [0.717, 1.165) is 0 Å². The normalized spacial score (nSPS) is 11.3. The number of nitro groups is 1. The van der Waals surface area contributed by atoms with E-state index >= 15 is 0 Å². The molecule has 8 nitrogen and oxygen atoms in total. The molecule has 27 heavy (non-hydrogen) atoms. The first-order chi connectivity index (χ1) is 13.1. The van der Waals surface area contributed by atoms with E-state index in [-0.39, 0.29) is 17.0 Å². The summed E-state index contributed by atoms with van der Waals surface area (Å²) in [7, 11) is 0. The van der Waals surface area contributed by atoms with Gasteiger partial charge in [0.1, 0.15) is 5.75 Å². The highest BCUT2D eigenvalue weighted by Gasteiger charge is 2.10. The van der Waals surface area contributed by atoms with Crippen molar-refractivity contribution in [3.05, 3.63) is 76.5 Å². The fourth-order valence-corrected chi connectivity index (χ4v) is 2.51. The largest absolute Gasteiger partial charge is 0.507 e. The van der Waals surface area contributed by atoms with Gasteiger partial charge in [-0.1, -0.05) is 6.07 Å². The number of benzene rings is 2. The molecule has 1 N–H and O–H groups in total. The molecule has 0 fully saturated rings. The smallest absolute Gasteiger partial charge is 0.270 e. The van der Waals surface area contributed by atoms with Gasteiger partial charge in [0.2, 0.25) is 5.89 Å². The molecule has 2 aromatic carbocycles. The third kappa shape index (κ3) is 3.36. The zero-order valence-corrected chi connectivity index (χ0v) is 13.8. The Kier molecular flexibility index (Phi) is 4.06. The van der Waals surface area contributed by atoms with Gasteiger partial charge in [0.05, 0.1) is 10.6 Å². The minimum atomic E-state index is -0.529.